The molecule has 0 unspecified atom stereocenters. The van der Waals surface area contributed by atoms with Crippen LogP contribution in [0.4, 0.5) is 5.69 Å². The average molecular weight is 177 g/mol. The van der Waals surface area contributed by atoms with Crippen LogP contribution >= 0.6 is 0 Å². The number of oxazole rings is 1. The number of rotatable bonds is 1. The Kier molecular flexibility index (Phi) is 1.51. The van der Waals surface area contributed by atoms with E-state index in [1.807, 2.05) is 0 Å². The van der Waals surface area contributed by atoms with Gasteiger partial charge in [0.2, 0.25) is 0 Å². The number of hydrogen-bond donors (Lipinski definition) is 0. The fraction of sp³-hybridized carbons (Fsp3) is 0.125. The van der Waals surface area contributed by atoms with Gasteiger partial charge in [0.25, 0.3) is 5.69 Å². The van der Waals surface area contributed by atoms with Crippen LogP contribution in [0.5, 0.6) is 0 Å². The Balaban J connectivity index is 2.67. The Hall–Kier alpha value is -1.91. The number of aryl methyl sites for hydroxylation is 1. The lowest BCUT2D eigenvalue weighted by atomic mass is 10.3. The average Bonchev–Trinajstić information content (AvgIpc) is 2.42. The Morgan fingerprint density at radius 3 is 3.15 bits per heavy atom. The predicted octanol–water partition coefficient (Wildman–Crippen LogP) is 1.84. The Morgan fingerprint density at radius 2 is 2.46 bits per heavy atom. The van der Waals surface area contributed by atoms with Crippen LogP contribution in [0.25, 0.3) is 11.1 Å². The normalized spacial score (nSPS) is 10.5. The number of nitro benzene ring substituents is 1. The summed E-state index contributed by atoms with van der Waals surface area (Å²) < 4.78 is 5.12. The van der Waals surface area contributed by atoms with Crippen LogP contribution in [0.1, 0.15) is 5.89 Å². The molecular formula is C8H5N2O3. The molecule has 0 amide bonds. The lowest BCUT2D eigenvalue weighted by Crippen LogP contribution is -1.86. The van der Waals surface area contributed by atoms with Crippen LogP contribution in [0.15, 0.2) is 16.5 Å². The molecule has 0 aliphatic heterocycles. The van der Waals surface area contributed by atoms with Crippen molar-refractivity contribution in [3.63, 3.8) is 0 Å². The van der Waals surface area contributed by atoms with Crippen molar-refractivity contribution in [3.8, 4) is 0 Å². The minimum absolute atomic E-state index is 0.108. The van der Waals surface area contributed by atoms with E-state index in [0.29, 0.717) is 17.0 Å². The van der Waals surface area contributed by atoms with E-state index >= 15 is 0 Å². The van der Waals surface area contributed by atoms with E-state index in [4.69, 9.17) is 4.42 Å². The van der Waals surface area contributed by atoms with Gasteiger partial charge in [-0.15, -0.1) is 0 Å². The van der Waals surface area contributed by atoms with Gasteiger partial charge in [-0.25, -0.2) is 4.98 Å². The smallest absolute Gasteiger partial charge is 0.281 e. The quantitative estimate of drug-likeness (QED) is 0.492. The highest BCUT2D eigenvalue weighted by Gasteiger charge is 2.09. The summed E-state index contributed by atoms with van der Waals surface area (Å²) in [5, 5.41) is 10.4. The molecule has 1 aromatic heterocycles. The monoisotopic (exact) mass is 177 g/mol. The van der Waals surface area contributed by atoms with Gasteiger partial charge in [-0.1, -0.05) is 0 Å². The van der Waals surface area contributed by atoms with Crippen LogP contribution in [-0.2, 0) is 0 Å². The third-order valence-corrected chi connectivity index (χ3v) is 1.61. The molecule has 1 radical (unpaired) electrons. The second-order valence-corrected chi connectivity index (χ2v) is 2.56. The topological polar surface area (TPSA) is 69.2 Å². The molecule has 5 nitrogen and oxygen atoms in total. The molecule has 5 heteroatoms. The number of nitro groups is 1. The molecular weight excluding hydrogens is 172 g/mol. The molecule has 1 aromatic carbocycles. The molecule has 0 aliphatic rings. The molecule has 0 aliphatic carbocycles. The zero-order valence-electron chi connectivity index (χ0n) is 6.77. The predicted molar refractivity (Wildman–Crippen MR) is 44.2 cm³/mol. The highest BCUT2D eigenvalue weighted by molar-refractivity contribution is 5.75. The van der Waals surface area contributed by atoms with Crippen LogP contribution in [0.2, 0.25) is 0 Å². The first-order valence-electron chi connectivity index (χ1n) is 3.60. The van der Waals surface area contributed by atoms with Crippen LogP contribution in [-0.4, -0.2) is 9.91 Å². The van der Waals surface area contributed by atoms with Crippen LogP contribution in [0, 0.1) is 23.1 Å². The molecule has 1 heterocycles. The minimum atomic E-state index is -0.517. The summed E-state index contributed by atoms with van der Waals surface area (Å²) in [6.07, 6.45) is 0. The second-order valence-electron chi connectivity index (χ2n) is 2.56. The maximum atomic E-state index is 10.4. The van der Waals surface area contributed by atoms with Crippen molar-refractivity contribution >= 4 is 16.8 Å². The molecule has 0 bridgehead atoms. The van der Waals surface area contributed by atoms with E-state index in [1.165, 1.54) is 12.1 Å². The Labute approximate surface area is 73.1 Å². The first-order chi connectivity index (χ1) is 6.16. The molecule has 0 fully saturated rings. The Bertz CT molecular complexity index is 475. The van der Waals surface area contributed by atoms with Crippen molar-refractivity contribution in [2.45, 2.75) is 6.92 Å². The maximum Gasteiger partial charge on any atom is 0.281 e. The Morgan fingerprint density at radius 1 is 1.69 bits per heavy atom. The van der Waals surface area contributed by atoms with Crippen molar-refractivity contribution < 1.29 is 9.34 Å². The SMILES string of the molecule is Cc1nc2c[c]c([N+](=O)[O-])cc2o1. The largest absolute Gasteiger partial charge is 0.441 e. The van der Waals surface area contributed by atoms with E-state index < -0.39 is 4.92 Å². The number of aromatic nitrogens is 1. The van der Waals surface area contributed by atoms with Crippen molar-refractivity contribution in [2.24, 2.45) is 0 Å². The lowest BCUT2D eigenvalue weighted by Gasteiger charge is -1.87. The van der Waals surface area contributed by atoms with E-state index in [2.05, 4.69) is 11.1 Å². The summed E-state index contributed by atoms with van der Waals surface area (Å²) in [6, 6.07) is 5.27. The molecule has 0 spiro atoms. The molecule has 65 valence electrons. The van der Waals surface area contributed by atoms with Gasteiger partial charge in [-0.2, -0.15) is 0 Å². The summed E-state index contributed by atoms with van der Waals surface area (Å²) in [5.41, 5.74) is 0.898. The van der Waals surface area contributed by atoms with Gasteiger partial charge in [0.05, 0.1) is 17.1 Å². The van der Waals surface area contributed by atoms with E-state index in [0.717, 1.165) is 0 Å². The summed E-state index contributed by atoms with van der Waals surface area (Å²) >= 11 is 0. The van der Waals surface area contributed by atoms with E-state index in [9.17, 15) is 10.1 Å². The fourth-order valence-corrected chi connectivity index (χ4v) is 1.08. The van der Waals surface area contributed by atoms with Gasteiger partial charge in [0.15, 0.2) is 11.5 Å². The maximum absolute atomic E-state index is 10.4. The van der Waals surface area contributed by atoms with Crippen molar-refractivity contribution in [2.75, 3.05) is 0 Å². The summed E-state index contributed by atoms with van der Waals surface area (Å²) in [6.45, 7) is 1.69. The standard InChI is InChI=1S/C8H5N2O3/c1-5-9-7-3-2-6(10(11)12)4-8(7)13-5/h3-4H,1H3. The third kappa shape index (κ3) is 1.24. The number of hydrogen-bond acceptors (Lipinski definition) is 4. The van der Waals surface area contributed by atoms with Gasteiger partial charge in [-0.05, 0) is 6.07 Å². The van der Waals surface area contributed by atoms with Crippen molar-refractivity contribution in [1.29, 1.82) is 0 Å². The first-order valence-corrected chi connectivity index (χ1v) is 3.60. The van der Waals surface area contributed by atoms with Crippen molar-refractivity contribution in [3.05, 3.63) is 34.2 Å². The molecule has 0 atom stereocenters. The van der Waals surface area contributed by atoms with E-state index in [-0.39, 0.29) is 5.69 Å². The molecule has 13 heavy (non-hydrogen) atoms. The highest BCUT2D eigenvalue weighted by Crippen LogP contribution is 2.20. The summed E-state index contributed by atoms with van der Waals surface area (Å²) in [5.74, 6) is 0.490. The number of fused-ring (bicyclic) bond motifs is 1. The first kappa shape index (κ1) is 7.72. The van der Waals surface area contributed by atoms with Gasteiger partial charge < -0.3 is 4.42 Å². The molecule has 0 N–H and O–H groups in total. The van der Waals surface area contributed by atoms with Crippen LogP contribution < -0.4 is 0 Å². The third-order valence-electron chi connectivity index (χ3n) is 1.61. The van der Waals surface area contributed by atoms with Gasteiger partial charge in [0, 0.05) is 6.92 Å². The lowest BCUT2D eigenvalue weighted by molar-refractivity contribution is -0.385. The molecule has 0 saturated heterocycles. The molecule has 0 saturated carbocycles. The zero-order chi connectivity index (χ0) is 9.42. The zero-order valence-corrected chi connectivity index (χ0v) is 6.77. The minimum Gasteiger partial charge on any atom is -0.441 e. The summed E-state index contributed by atoms with van der Waals surface area (Å²) in [4.78, 5) is 13.8. The van der Waals surface area contributed by atoms with Gasteiger partial charge in [0.1, 0.15) is 5.52 Å². The summed E-state index contributed by atoms with van der Waals surface area (Å²) in [7, 11) is 0. The molecule has 2 aromatic rings. The number of non-ortho nitro benzene ring substituents is 1. The number of benzene rings is 1. The van der Waals surface area contributed by atoms with Crippen molar-refractivity contribution in [1.82, 2.24) is 4.98 Å². The van der Waals surface area contributed by atoms with Crippen LogP contribution in [0.3, 0.4) is 0 Å². The van der Waals surface area contributed by atoms with Gasteiger partial charge in [-0.3, -0.25) is 10.1 Å². The second kappa shape index (κ2) is 2.55. The fourth-order valence-electron chi connectivity index (χ4n) is 1.08. The highest BCUT2D eigenvalue weighted by atomic mass is 16.6. The molecule has 2 rings (SSSR count). The number of nitrogens with zero attached hydrogens (tertiary/aromatic N) is 2. The van der Waals surface area contributed by atoms with E-state index in [1.54, 1.807) is 6.92 Å². The van der Waals surface area contributed by atoms with Gasteiger partial charge >= 0.3 is 0 Å².